The molecule has 0 saturated carbocycles. The molecule has 0 bridgehead atoms. The molecule has 0 atom stereocenters. The largest absolute Gasteiger partial charge is 0.508 e. The van der Waals surface area contributed by atoms with Gasteiger partial charge in [0.2, 0.25) is 0 Å². The molecule has 33 heavy (non-hydrogen) atoms. The predicted octanol–water partition coefficient (Wildman–Crippen LogP) is 10.9. The van der Waals surface area contributed by atoms with E-state index in [4.69, 9.17) is 0 Å². The van der Waals surface area contributed by atoms with Gasteiger partial charge in [-0.15, -0.1) is 0 Å². The average Bonchev–Trinajstić information content (AvgIpc) is 2.70. The topological polar surface area (TPSA) is 20.2 Å². The molecule has 1 heteroatoms. The molecule has 1 aromatic rings. The first-order chi connectivity index (χ1) is 15.6. The number of phenols is 1. The van der Waals surface area contributed by atoms with E-state index in [0.29, 0.717) is 17.6 Å². The van der Waals surface area contributed by atoms with Gasteiger partial charge in [0.1, 0.15) is 5.75 Å². The van der Waals surface area contributed by atoms with Crippen molar-refractivity contribution in [2.24, 2.45) is 23.7 Å². The Labute approximate surface area is 208 Å². The van der Waals surface area contributed by atoms with E-state index in [9.17, 15) is 5.11 Å². The molecule has 192 valence electrons. The summed E-state index contributed by atoms with van der Waals surface area (Å²) in [5.74, 6) is 4.69. The van der Waals surface area contributed by atoms with Gasteiger partial charge in [-0.05, 0) is 72.8 Å². The third-order valence-electron chi connectivity index (χ3n) is 7.30. The molecule has 0 radical (unpaired) electrons. The molecule has 0 saturated heterocycles. The number of phenolic OH excluding ortho intramolecular Hbond substituents is 1. The van der Waals surface area contributed by atoms with Gasteiger partial charge in [0, 0.05) is 5.56 Å². The molecule has 0 heterocycles. The van der Waals surface area contributed by atoms with Crippen molar-refractivity contribution in [2.75, 3.05) is 0 Å². The van der Waals surface area contributed by atoms with Crippen LogP contribution in [0.25, 0.3) is 0 Å². The molecule has 0 aliphatic heterocycles. The lowest BCUT2D eigenvalue weighted by atomic mass is 9.78. The Hall–Kier alpha value is -0.980. The third-order valence-corrected chi connectivity index (χ3v) is 7.30. The van der Waals surface area contributed by atoms with Crippen molar-refractivity contribution in [3.8, 4) is 5.75 Å². The Kier molecular flexibility index (Phi) is 15.1. The normalized spacial score (nSPS) is 12.4. The van der Waals surface area contributed by atoms with Crippen molar-refractivity contribution in [3.63, 3.8) is 0 Å². The zero-order valence-corrected chi connectivity index (χ0v) is 23.6. The van der Waals surface area contributed by atoms with Crippen LogP contribution in [0.1, 0.15) is 155 Å². The van der Waals surface area contributed by atoms with E-state index in [2.05, 4.69) is 67.5 Å². The van der Waals surface area contributed by atoms with E-state index in [1.54, 1.807) is 0 Å². The molecule has 1 aromatic carbocycles. The zero-order valence-electron chi connectivity index (χ0n) is 23.6. The van der Waals surface area contributed by atoms with Gasteiger partial charge in [-0.1, -0.05) is 119 Å². The molecule has 1 rings (SSSR count). The maximum absolute atomic E-state index is 11.2. The van der Waals surface area contributed by atoms with Crippen LogP contribution < -0.4 is 0 Å². The van der Waals surface area contributed by atoms with Gasteiger partial charge >= 0.3 is 0 Å². The smallest absolute Gasteiger partial charge is 0.119 e. The van der Waals surface area contributed by atoms with Crippen LogP contribution in [-0.2, 0) is 0 Å². The van der Waals surface area contributed by atoms with Crippen molar-refractivity contribution >= 4 is 0 Å². The fraction of sp³-hybridized carbons (Fsp3) is 0.812. The first kappa shape index (κ1) is 30.1. The molecule has 1 N–H and O–H groups in total. The second-order valence-electron chi connectivity index (χ2n) is 12.5. The second kappa shape index (κ2) is 16.6. The van der Waals surface area contributed by atoms with Gasteiger partial charge in [0.25, 0.3) is 0 Å². The molecule has 0 fully saturated rings. The number of hydrogen-bond acceptors (Lipinski definition) is 1. The van der Waals surface area contributed by atoms with Gasteiger partial charge in [0.15, 0.2) is 0 Å². The minimum absolute atomic E-state index is 0.497. The van der Waals surface area contributed by atoms with Gasteiger partial charge in [0.05, 0.1) is 0 Å². The highest BCUT2D eigenvalue weighted by Crippen LogP contribution is 2.42. The molecular weight excluding hydrogens is 400 g/mol. The maximum atomic E-state index is 11.2. The highest BCUT2D eigenvalue weighted by molar-refractivity contribution is 5.44. The van der Waals surface area contributed by atoms with Crippen LogP contribution in [0.5, 0.6) is 5.75 Å². The SMILES string of the molecule is CC(C)CCCC(CCCC(C)C)c1cccc(O)c1C(CCCC(C)C)CCCC(C)C. The van der Waals surface area contributed by atoms with Crippen LogP contribution in [0, 0.1) is 23.7 Å². The highest BCUT2D eigenvalue weighted by atomic mass is 16.3. The second-order valence-corrected chi connectivity index (χ2v) is 12.5. The van der Waals surface area contributed by atoms with E-state index < -0.39 is 0 Å². The molecule has 0 aromatic heterocycles. The molecule has 1 nitrogen and oxygen atoms in total. The van der Waals surface area contributed by atoms with Crippen molar-refractivity contribution < 1.29 is 5.11 Å². The van der Waals surface area contributed by atoms with Gasteiger partial charge in [-0.3, -0.25) is 0 Å². The average molecular weight is 459 g/mol. The number of benzene rings is 1. The fourth-order valence-corrected chi connectivity index (χ4v) is 5.35. The first-order valence-corrected chi connectivity index (χ1v) is 14.4. The van der Waals surface area contributed by atoms with Crippen LogP contribution in [0.15, 0.2) is 18.2 Å². The Morgan fingerprint density at radius 2 is 0.879 bits per heavy atom. The van der Waals surface area contributed by atoms with Crippen molar-refractivity contribution in [1.29, 1.82) is 0 Å². The van der Waals surface area contributed by atoms with E-state index in [0.717, 1.165) is 23.7 Å². The molecule has 0 aliphatic rings. The van der Waals surface area contributed by atoms with Crippen molar-refractivity contribution in [3.05, 3.63) is 29.3 Å². The Morgan fingerprint density at radius 3 is 1.24 bits per heavy atom. The van der Waals surface area contributed by atoms with Crippen LogP contribution >= 0.6 is 0 Å². The molecule has 0 spiro atoms. The van der Waals surface area contributed by atoms with Crippen LogP contribution in [0.4, 0.5) is 0 Å². The summed E-state index contributed by atoms with van der Waals surface area (Å²) in [6.45, 7) is 18.7. The molecule has 0 amide bonds. The quantitative estimate of drug-likeness (QED) is 0.232. The lowest BCUT2D eigenvalue weighted by Crippen LogP contribution is -2.10. The van der Waals surface area contributed by atoms with Crippen LogP contribution in [-0.4, -0.2) is 5.11 Å². The number of rotatable bonds is 18. The summed E-state index contributed by atoms with van der Waals surface area (Å²) in [5.41, 5.74) is 2.78. The van der Waals surface area contributed by atoms with Gasteiger partial charge < -0.3 is 5.11 Å². The van der Waals surface area contributed by atoms with Crippen molar-refractivity contribution in [2.45, 2.75) is 144 Å². The summed E-state index contributed by atoms with van der Waals surface area (Å²) in [7, 11) is 0. The van der Waals surface area contributed by atoms with E-state index >= 15 is 0 Å². The minimum atomic E-state index is 0.497. The molecular formula is C32H58O. The summed E-state index contributed by atoms with van der Waals surface area (Å²) in [6.07, 6.45) is 15.3. The highest BCUT2D eigenvalue weighted by Gasteiger charge is 2.24. The predicted molar refractivity (Wildman–Crippen MR) is 148 cm³/mol. The van der Waals surface area contributed by atoms with Crippen LogP contribution in [0.2, 0.25) is 0 Å². The van der Waals surface area contributed by atoms with E-state index in [-0.39, 0.29) is 0 Å². The number of hydrogen-bond donors (Lipinski definition) is 1. The maximum Gasteiger partial charge on any atom is 0.119 e. The Balaban J connectivity index is 3.18. The van der Waals surface area contributed by atoms with Gasteiger partial charge in [-0.25, -0.2) is 0 Å². The molecule has 0 aliphatic carbocycles. The Morgan fingerprint density at radius 1 is 0.515 bits per heavy atom. The summed E-state index contributed by atoms with van der Waals surface area (Å²) >= 11 is 0. The Bertz CT molecular complexity index is 585. The van der Waals surface area contributed by atoms with Crippen LogP contribution in [0.3, 0.4) is 0 Å². The lowest BCUT2D eigenvalue weighted by molar-refractivity contribution is 0.412. The summed E-state index contributed by atoms with van der Waals surface area (Å²) < 4.78 is 0. The monoisotopic (exact) mass is 458 g/mol. The van der Waals surface area contributed by atoms with E-state index in [1.807, 2.05) is 6.07 Å². The van der Waals surface area contributed by atoms with Crippen molar-refractivity contribution in [1.82, 2.24) is 0 Å². The number of aromatic hydroxyl groups is 1. The molecule has 0 unspecified atom stereocenters. The standard InChI is InChI=1S/C32H58O/c1-24(2)14-9-18-28(19-10-15-25(3)4)30-22-13-23-31(33)32(30)29(20-11-16-26(5)6)21-12-17-27(7)8/h13,22-29,33H,9-12,14-21H2,1-8H3. The summed E-state index contributed by atoms with van der Waals surface area (Å²) in [5, 5.41) is 11.2. The minimum Gasteiger partial charge on any atom is -0.508 e. The lowest BCUT2D eigenvalue weighted by Gasteiger charge is -2.27. The first-order valence-electron chi connectivity index (χ1n) is 14.4. The fourth-order valence-electron chi connectivity index (χ4n) is 5.35. The zero-order chi connectivity index (χ0) is 24.8. The van der Waals surface area contributed by atoms with Gasteiger partial charge in [-0.2, -0.15) is 0 Å². The summed E-state index contributed by atoms with van der Waals surface area (Å²) in [4.78, 5) is 0. The summed E-state index contributed by atoms with van der Waals surface area (Å²) in [6, 6.07) is 6.42. The third kappa shape index (κ3) is 12.9. The van der Waals surface area contributed by atoms with E-state index in [1.165, 1.54) is 88.2 Å².